The van der Waals surface area contributed by atoms with Crippen molar-refractivity contribution in [2.45, 2.75) is 95.8 Å². The largest absolute Gasteiger partial charge is 0.496 e. The van der Waals surface area contributed by atoms with Crippen molar-refractivity contribution >= 4 is 14.2 Å². The van der Waals surface area contributed by atoms with Crippen LogP contribution in [0.25, 0.3) is 0 Å². The zero-order chi connectivity index (χ0) is 25.6. The van der Waals surface area contributed by atoms with Gasteiger partial charge >= 0.3 is 14.2 Å². The summed E-state index contributed by atoms with van der Waals surface area (Å²) in [6.45, 7) is 16.8. The molecule has 2 saturated heterocycles. The summed E-state index contributed by atoms with van der Waals surface area (Å²) >= 11 is 0. The zero-order valence-electron chi connectivity index (χ0n) is 22.8. The fourth-order valence-electron chi connectivity index (χ4n) is 4.84. The SMILES string of the molecule is COc1ccccc1[C@@H](C[C@H](B1OC(C)(C)C(C)(C)O1)c1ccccc1)B1OC(C)(C)C(C)(C)O1. The Morgan fingerprint density at radius 2 is 1.06 bits per heavy atom. The van der Waals surface area contributed by atoms with Gasteiger partial charge in [-0.05, 0) is 79.0 Å². The van der Waals surface area contributed by atoms with Crippen LogP contribution >= 0.6 is 0 Å². The van der Waals surface area contributed by atoms with Crippen LogP contribution in [0.1, 0.15) is 84.6 Å². The average Bonchev–Trinajstić information content (AvgIpc) is 3.14. The minimum Gasteiger partial charge on any atom is -0.496 e. The quantitative estimate of drug-likeness (QED) is 0.443. The monoisotopic (exact) mass is 478 g/mol. The summed E-state index contributed by atoms with van der Waals surface area (Å²) < 4.78 is 32.2. The Morgan fingerprint density at radius 1 is 0.629 bits per heavy atom. The Morgan fingerprint density at radius 3 is 1.54 bits per heavy atom. The van der Waals surface area contributed by atoms with E-state index in [9.17, 15) is 0 Å². The van der Waals surface area contributed by atoms with E-state index >= 15 is 0 Å². The number of hydrogen-bond acceptors (Lipinski definition) is 5. The minimum absolute atomic E-state index is 0.0359. The smallest absolute Gasteiger partial charge is 0.465 e. The van der Waals surface area contributed by atoms with E-state index in [-0.39, 0.29) is 11.6 Å². The number of rotatable bonds is 7. The second-order valence-corrected chi connectivity index (χ2v) is 11.9. The Kier molecular flexibility index (Phi) is 6.95. The highest BCUT2D eigenvalue weighted by molar-refractivity contribution is 6.50. The number of hydrogen-bond donors (Lipinski definition) is 0. The zero-order valence-corrected chi connectivity index (χ0v) is 22.8. The number of ether oxygens (including phenoxy) is 1. The number of benzene rings is 2. The molecule has 35 heavy (non-hydrogen) atoms. The second kappa shape index (κ2) is 9.26. The summed E-state index contributed by atoms with van der Waals surface area (Å²) in [4.78, 5) is 0. The molecule has 5 nitrogen and oxygen atoms in total. The second-order valence-electron chi connectivity index (χ2n) is 11.9. The van der Waals surface area contributed by atoms with Crippen LogP contribution in [-0.4, -0.2) is 43.8 Å². The van der Waals surface area contributed by atoms with Crippen LogP contribution in [-0.2, 0) is 18.6 Å². The molecule has 0 spiro atoms. The molecule has 2 fully saturated rings. The standard InChI is InChI=1S/C28H40B2O5/c1-25(2)26(3,4)33-29(32-25)22(20-15-11-10-12-16-20)19-23(21-17-13-14-18-24(21)31-9)30-34-27(5,6)28(7,8)35-30/h10-18,22-23H,19H2,1-9H3/t22-,23+/m0/s1. The van der Waals surface area contributed by atoms with Crippen LogP contribution in [0.5, 0.6) is 5.75 Å². The van der Waals surface area contributed by atoms with E-state index in [1.165, 1.54) is 5.56 Å². The van der Waals surface area contributed by atoms with Crippen molar-refractivity contribution in [2.75, 3.05) is 7.11 Å². The lowest BCUT2D eigenvalue weighted by Gasteiger charge is -2.32. The van der Waals surface area contributed by atoms with Gasteiger partial charge in [0.05, 0.1) is 29.5 Å². The summed E-state index contributed by atoms with van der Waals surface area (Å²) in [6, 6.07) is 18.6. The number of methoxy groups -OCH3 is 1. The van der Waals surface area contributed by atoms with Crippen LogP contribution in [0, 0.1) is 0 Å². The maximum atomic E-state index is 6.60. The molecule has 0 saturated carbocycles. The highest BCUT2D eigenvalue weighted by atomic mass is 16.7. The summed E-state index contributed by atoms with van der Waals surface area (Å²) in [5, 5.41) is 0. The van der Waals surface area contributed by atoms with E-state index < -0.39 is 36.6 Å². The van der Waals surface area contributed by atoms with Crippen molar-refractivity contribution in [3.05, 3.63) is 65.7 Å². The molecule has 2 aliphatic rings. The van der Waals surface area contributed by atoms with Gasteiger partial charge in [-0.15, -0.1) is 0 Å². The van der Waals surface area contributed by atoms with Crippen LogP contribution in [0.15, 0.2) is 54.6 Å². The topological polar surface area (TPSA) is 46.2 Å². The molecule has 2 heterocycles. The molecular formula is C28H40B2O5. The molecule has 2 aromatic rings. The first-order valence-corrected chi connectivity index (χ1v) is 12.7. The summed E-state index contributed by atoms with van der Waals surface area (Å²) in [5.74, 6) is 0.690. The summed E-state index contributed by atoms with van der Waals surface area (Å²) in [6.07, 6.45) is 0.706. The molecule has 7 heteroatoms. The van der Waals surface area contributed by atoms with Crippen LogP contribution in [0.4, 0.5) is 0 Å². The Labute approximate surface area is 212 Å². The predicted molar refractivity (Wildman–Crippen MR) is 142 cm³/mol. The Bertz CT molecular complexity index is 989. The first-order chi connectivity index (χ1) is 16.3. The van der Waals surface area contributed by atoms with Gasteiger partial charge in [0, 0.05) is 11.6 Å². The Balaban J connectivity index is 1.77. The van der Waals surface area contributed by atoms with Crippen LogP contribution in [0.3, 0.4) is 0 Å². The molecule has 0 aromatic heterocycles. The van der Waals surface area contributed by atoms with Gasteiger partial charge in [0.25, 0.3) is 0 Å². The molecule has 188 valence electrons. The molecule has 0 unspecified atom stereocenters. The predicted octanol–water partition coefficient (Wildman–Crippen LogP) is 6.22. The molecule has 2 atom stereocenters. The molecular weight excluding hydrogens is 438 g/mol. The van der Waals surface area contributed by atoms with Crippen LogP contribution < -0.4 is 4.74 Å². The van der Waals surface area contributed by atoms with Crippen molar-refractivity contribution in [2.24, 2.45) is 0 Å². The van der Waals surface area contributed by atoms with Gasteiger partial charge < -0.3 is 23.4 Å². The molecule has 2 aromatic carbocycles. The maximum absolute atomic E-state index is 6.60. The third kappa shape index (κ3) is 4.93. The van der Waals surface area contributed by atoms with Gasteiger partial charge in [-0.25, -0.2) is 0 Å². The van der Waals surface area contributed by atoms with Crippen molar-refractivity contribution in [1.82, 2.24) is 0 Å². The fraction of sp³-hybridized carbons (Fsp3) is 0.571. The normalized spacial score (nSPS) is 23.8. The third-order valence-corrected chi connectivity index (χ3v) is 8.47. The average molecular weight is 478 g/mol. The van der Waals surface area contributed by atoms with Crippen molar-refractivity contribution in [1.29, 1.82) is 0 Å². The van der Waals surface area contributed by atoms with Gasteiger partial charge in [-0.2, -0.15) is 0 Å². The maximum Gasteiger partial charge on any atom is 0.465 e. The van der Waals surface area contributed by atoms with Crippen molar-refractivity contribution in [3.8, 4) is 5.75 Å². The van der Waals surface area contributed by atoms with Gasteiger partial charge in [0.1, 0.15) is 5.75 Å². The van der Waals surface area contributed by atoms with E-state index in [1.807, 2.05) is 24.3 Å². The lowest BCUT2D eigenvalue weighted by molar-refractivity contribution is 0.00578. The van der Waals surface area contributed by atoms with E-state index in [1.54, 1.807) is 7.11 Å². The third-order valence-electron chi connectivity index (χ3n) is 8.47. The van der Waals surface area contributed by atoms with E-state index in [0.717, 1.165) is 11.3 Å². The molecule has 0 amide bonds. The molecule has 0 aliphatic carbocycles. The lowest BCUT2D eigenvalue weighted by atomic mass is 9.56. The molecule has 4 rings (SSSR count). The number of para-hydroxylation sites is 1. The Hall–Kier alpha value is -1.79. The molecule has 0 N–H and O–H groups in total. The van der Waals surface area contributed by atoms with Crippen LogP contribution in [0.2, 0.25) is 0 Å². The highest BCUT2D eigenvalue weighted by Crippen LogP contribution is 2.48. The van der Waals surface area contributed by atoms with Crippen molar-refractivity contribution < 1.29 is 23.4 Å². The first kappa shape index (κ1) is 26.3. The van der Waals surface area contributed by atoms with E-state index in [4.69, 9.17) is 23.4 Å². The van der Waals surface area contributed by atoms with Gasteiger partial charge in [0.15, 0.2) is 0 Å². The highest BCUT2D eigenvalue weighted by Gasteiger charge is 2.58. The minimum atomic E-state index is -0.440. The summed E-state index contributed by atoms with van der Waals surface area (Å²) in [7, 11) is 0.871. The van der Waals surface area contributed by atoms with Gasteiger partial charge in [0.2, 0.25) is 0 Å². The van der Waals surface area contributed by atoms with Gasteiger partial charge in [-0.1, -0.05) is 48.5 Å². The lowest BCUT2D eigenvalue weighted by Crippen LogP contribution is -2.41. The summed E-state index contributed by atoms with van der Waals surface area (Å²) in [5.41, 5.74) is 0.507. The van der Waals surface area contributed by atoms with E-state index in [0.29, 0.717) is 6.42 Å². The molecule has 0 radical (unpaired) electrons. The van der Waals surface area contributed by atoms with Gasteiger partial charge in [-0.3, -0.25) is 0 Å². The fourth-order valence-corrected chi connectivity index (χ4v) is 4.84. The molecule has 0 bridgehead atoms. The van der Waals surface area contributed by atoms with Crippen molar-refractivity contribution in [3.63, 3.8) is 0 Å². The first-order valence-electron chi connectivity index (χ1n) is 12.7. The molecule has 2 aliphatic heterocycles. The van der Waals surface area contributed by atoms with E-state index in [2.05, 4.69) is 85.7 Å².